The van der Waals surface area contributed by atoms with Crippen molar-refractivity contribution in [3.05, 3.63) is 35.7 Å². The number of imidazole rings is 1. The molecule has 0 bridgehead atoms. The van der Waals surface area contributed by atoms with Gasteiger partial charge in [-0.25, -0.2) is 4.98 Å². The molecule has 3 heterocycles. The van der Waals surface area contributed by atoms with Crippen LogP contribution in [0, 0.1) is 6.92 Å². The summed E-state index contributed by atoms with van der Waals surface area (Å²) in [5.74, 6) is 1.69. The number of likely N-dealkylation sites (tertiary alicyclic amines) is 1. The van der Waals surface area contributed by atoms with Gasteiger partial charge in [-0.15, -0.1) is 0 Å². The summed E-state index contributed by atoms with van der Waals surface area (Å²) in [5.41, 5.74) is 2.15. The van der Waals surface area contributed by atoms with Gasteiger partial charge in [-0.3, -0.25) is 9.48 Å². The second-order valence-corrected chi connectivity index (χ2v) is 6.48. The Balaban J connectivity index is 1.60. The molecule has 1 saturated heterocycles. The molecule has 0 unspecified atom stereocenters. The van der Waals surface area contributed by atoms with Gasteiger partial charge in [0.1, 0.15) is 5.82 Å². The molecule has 1 fully saturated rings. The van der Waals surface area contributed by atoms with Crippen LogP contribution in [0.1, 0.15) is 42.4 Å². The SMILES string of the molecule is Cc1cn(C)c([C@@H]2CCCN(C(=O)CCc3ccnn3C)C2)n1. The van der Waals surface area contributed by atoms with Crippen molar-refractivity contribution in [3.63, 3.8) is 0 Å². The average molecular weight is 315 g/mol. The molecule has 1 atom stereocenters. The fraction of sp³-hybridized carbons (Fsp3) is 0.588. The topological polar surface area (TPSA) is 56.0 Å². The highest BCUT2D eigenvalue weighted by atomic mass is 16.2. The third kappa shape index (κ3) is 3.46. The van der Waals surface area contributed by atoms with E-state index in [2.05, 4.69) is 20.8 Å². The molecule has 1 aliphatic rings. The van der Waals surface area contributed by atoms with Crippen LogP contribution in [-0.2, 0) is 25.3 Å². The molecule has 23 heavy (non-hydrogen) atoms. The van der Waals surface area contributed by atoms with Crippen molar-refractivity contribution in [2.75, 3.05) is 13.1 Å². The summed E-state index contributed by atoms with van der Waals surface area (Å²) in [6, 6.07) is 1.98. The van der Waals surface area contributed by atoms with Crippen molar-refractivity contribution in [3.8, 4) is 0 Å². The third-order valence-electron chi connectivity index (χ3n) is 4.69. The molecule has 2 aromatic heterocycles. The minimum absolute atomic E-state index is 0.238. The molecule has 124 valence electrons. The molecule has 0 radical (unpaired) electrons. The maximum atomic E-state index is 12.5. The van der Waals surface area contributed by atoms with Crippen LogP contribution in [0.5, 0.6) is 0 Å². The van der Waals surface area contributed by atoms with Crippen LogP contribution >= 0.6 is 0 Å². The highest BCUT2D eigenvalue weighted by Gasteiger charge is 2.27. The molecule has 0 aliphatic carbocycles. The lowest BCUT2D eigenvalue weighted by molar-refractivity contribution is -0.132. The first-order valence-corrected chi connectivity index (χ1v) is 8.29. The molecule has 0 saturated carbocycles. The van der Waals surface area contributed by atoms with Gasteiger partial charge in [-0.1, -0.05) is 0 Å². The Morgan fingerprint density at radius 1 is 1.39 bits per heavy atom. The molecule has 1 aliphatic heterocycles. The summed E-state index contributed by atoms with van der Waals surface area (Å²) < 4.78 is 3.94. The van der Waals surface area contributed by atoms with Crippen molar-refractivity contribution in [1.29, 1.82) is 0 Å². The number of amides is 1. The highest BCUT2D eigenvalue weighted by Crippen LogP contribution is 2.26. The summed E-state index contributed by atoms with van der Waals surface area (Å²) >= 11 is 0. The maximum Gasteiger partial charge on any atom is 0.222 e. The molecule has 0 aromatic carbocycles. The van der Waals surface area contributed by atoms with Gasteiger partial charge in [0.2, 0.25) is 5.91 Å². The predicted octanol–water partition coefficient (Wildman–Crippen LogP) is 1.80. The lowest BCUT2D eigenvalue weighted by atomic mass is 9.96. The Morgan fingerprint density at radius 3 is 2.87 bits per heavy atom. The van der Waals surface area contributed by atoms with Gasteiger partial charge in [0.05, 0.1) is 5.69 Å². The summed E-state index contributed by atoms with van der Waals surface area (Å²) in [5, 5.41) is 4.15. The van der Waals surface area contributed by atoms with Crippen molar-refractivity contribution in [2.24, 2.45) is 14.1 Å². The number of hydrogen-bond donors (Lipinski definition) is 0. The largest absolute Gasteiger partial charge is 0.342 e. The molecule has 0 spiro atoms. The highest BCUT2D eigenvalue weighted by molar-refractivity contribution is 5.76. The monoisotopic (exact) mass is 315 g/mol. The number of carbonyl (C=O) groups is 1. The molecule has 6 heteroatoms. The van der Waals surface area contributed by atoms with E-state index in [0.29, 0.717) is 12.3 Å². The Kier molecular flexibility index (Phi) is 4.50. The zero-order chi connectivity index (χ0) is 16.4. The average Bonchev–Trinajstić information content (AvgIpc) is 3.10. The summed E-state index contributed by atoms with van der Waals surface area (Å²) in [4.78, 5) is 19.2. The zero-order valence-corrected chi connectivity index (χ0v) is 14.2. The van der Waals surface area contributed by atoms with Gasteiger partial charge in [0, 0.05) is 57.6 Å². The van der Waals surface area contributed by atoms with Crippen molar-refractivity contribution >= 4 is 5.91 Å². The van der Waals surface area contributed by atoms with E-state index in [9.17, 15) is 4.79 Å². The smallest absolute Gasteiger partial charge is 0.222 e. The Hall–Kier alpha value is -2.11. The summed E-state index contributed by atoms with van der Waals surface area (Å²) in [6.07, 6.45) is 7.28. The van der Waals surface area contributed by atoms with Gasteiger partial charge >= 0.3 is 0 Å². The van der Waals surface area contributed by atoms with Gasteiger partial charge in [0.25, 0.3) is 0 Å². The number of rotatable bonds is 4. The van der Waals surface area contributed by atoms with Crippen molar-refractivity contribution in [2.45, 2.75) is 38.5 Å². The molecule has 0 N–H and O–H groups in total. The molecule has 3 rings (SSSR count). The predicted molar refractivity (Wildman–Crippen MR) is 88.0 cm³/mol. The Morgan fingerprint density at radius 2 is 2.22 bits per heavy atom. The molecule has 1 amide bonds. The number of hydrogen-bond acceptors (Lipinski definition) is 3. The van der Waals surface area contributed by atoms with Gasteiger partial charge in [-0.2, -0.15) is 5.10 Å². The second-order valence-electron chi connectivity index (χ2n) is 6.48. The summed E-state index contributed by atoms with van der Waals surface area (Å²) in [6.45, 7) is 3.67. The number of carbonyl (C=O) groups excluding carboxylic acids is 1. The van der Waals surface area contributed by atoms with Crippen molar-refractivity contribution < 1.29 is 4.79 Å². The Bertz CT molecular complexity index is 687. The number of aromatic nitrogens is 4. The van der Waals surface area contributed by atoms with Crippen LogP contribution in [0.4, 0.5) is 0 Å². The van der Waals surface area contributed by atoms with E-state index in [-0.39, 0.29) is 5.91 Å². The number of aryl methyl sites for hydroxylation is 4. The second kappa shape index (κ2) is 6.56. The maximum absolute atomic E-state index is 12.5. The number of nitrogens with zero attached hydrogens (tertiary/aromatic N) is 5. The van der Waals surface area contributed by atoms with Crippen LogP contribution in [0.25, 0.3) is 0 Å². The fourth-order valence-corrected chi connectivity index (χ4v) is 3.47. The van der Waals surface area contributed by atoms with E-state index in [1.54, 1.807) is 6.20 Å². The quantitative estimate of drug-likeness (QED) is 0.864. The minimum Gasteiger partial charge on any atom is -0.342 e. The van der Waals surface area contributed by atoms with Crippen LogP contribution in [0.2, 0.25) is 0 Å². The van der Waals surface area contributed by atoms with Crippen LogP contribution in [-0.4, -0.2) is 43.2 Å². The molecule has 6 nitrogen and oxygen atoms in total. The lowest BCUT2D eigenvalue weighted by Crippen LogP contribution is -2.39. The van der Waals surface area contributed by atoms with Crippen LogP contribution in [0.15, 0.2) is 18.5 Å². The molecular formula is C17H25N5O. The lowest BCUT2D eigenvalue weighted by Gasteiger charge is -2.32. The van der Waals surface area contributed by atoms with E-state index < -0.39 is 0 Å². The van der Waals surface area contributed by atoms with Crippen LogP contribution < -0.4 is 0 Å². The first-order valence-electron chi connectivity index (χ1n) is 8.29. The zero-order valence-electron chi connectivity index (χ0n) is 14.2. The van der Waals surface area contributed by atoms with Crippen LogP contribution in [0.3, 0.4) is 0 Å². The first-order chi connectivity index (χ1) is 11.0. The van der Waals surface area contributed by atoms with E-state index in [1.807, 2.05) is 36.7 Å². The van der Waals surface area contributed by atoms with E-state index in [1.165, 1.54) is 0 Å². The van der Waals surface area contributed by atoms with E-state index >= 15 is 0 Å². The minimum atomic E-state index is 0.238. The third-order valence-corrected chi connectivity index (χ3v) is 4.69. The molecule has 2 aromatic rings. The van der Waals surface area contributed by atoms with Gasteiger partial charge < -0.3 is 9.47 Å². The Labute approximate surface area is 137 Å². The van der Waals surface area contributed by atoms with E-state index in [0.717, 1.165) is 49.6 Å². The first kappa shape index (κ1) is 15.8. The van der Waals surface area contributed by atoms with Gasteiger partial charge in [0.15, 0.2) is 0 Å². The summed E-state index contributed by atoms with van der Waals surface area (Å²) in [7, 11) is 3.96. The fourth-order valence-electron chi connectivity index (χ4n) is 3.47. The van der Waals surface area contributed by atoms with Crippen molar-refractivity contribution in [1.82, 2.24) is 24.2 Å². The standard InChI is InChI=1S/C17H25N5O/c1-13-11-20(2)17(19-13)14-5-4-10-22(12-14)16(23)7-6-15-8-9-18-21(15)3/h8-9,11,14H,4-7,10,12H2,1-3H3/t14-/m1/s1. The number of piperidine rings is 1. The van der Waals surface area contributed by atoms with E-state index in [4.69, 9.17) is 0 Å². The normalized spacial score (nSPS) is 18.4. The molecular weight excluding hydrogens is 290 g/mol. The van der Waals surface area contributed by atoms with Gasteiger partial charge in [-0.05, 0) is 32.3 Å².